The summed E-state index contributed by atoms with van der Waals surface area (Å²) in [5.41, 5.74) is 1.30. The monoisotopic (exact) mass is 496 g/mol. The van der Waals surface area contributed by atoms with Crippen molar-refractivity contribution in [2.24, 2.45) is 5.92 Å². The topological polar surface area (TPSA) is 143 Å². The van der Waals surface area contributed by atoms with E-state index in [1.54, 1.807) is 38.1 Å². The number of esters is 1. The van der Waals surface area contributed by atoms with Crippen LogP contribution in [0.4, 0.5) is 5.69 Å². The van der Waals surface area contributed by atoms with E-state index >= 15 is 0 Å². The summed E-state index contributed by atoms with van der Waals surface area (Å²) in [5, 5.41) is 10.5. The number of anilines is 1. The lowest BCUT2D eigenvalue weighted by atomic mass is 10.0. The molecule has 11 heteroatoms. The van der Waals surface area contributed by atoms with Gasteiger partial charge in [0.1, 0.15) is 18.5 Å². The molecule has 1 unspecified atom stereocenters. The molecule has 188 valence electrons. The van der Waals surface area contributed by atoms with Gasteiger partial charge in [-0.3, -0.25) is 24.0 Å². The second-order valence-corrected chi connectivity index (χ2v) is 8.24. The van der Waals surface area contributed by atoms with Gasteiger partial charge in [-0.2, -0.15) is 0 Å². The summed E-state index contributed by atoms with van der Waals surface area (Å²) >= 11 is 5.39. The zero-order chi connectivity index (χ0) is 25.5. The molecule has 0 saturated carbocycles. The average Bonchev–Trinajstić information content (AvgIpc) is 2.79. The average molecular weight is 497 g/mol. The molecule has 0 aliphatic heterocycles. The maximum Gasteiger partial charge on any atom is 0.302 e. The van der Waals surface area contributed by atoms with E-state index in [1.165, 1.54) is 6.92 Å². The maximum absolute atomic E-state index is 12.5. The molecule has 0 heterocycles. The SMILES string of the molecule is CC(=O)OCc1ccc(NC(=O)CNC(=O)C(NC(=O)CCCCNC(=O)CCl)C(C)C)cc1. The number of hydrogen-bond donors (Lipinski definition) is 4. The normalized spacial score (nSPS) is 11.3. The van der Waals surface area contributed by atoms with Gasteiger partial charge in [0.15, 0.2) is 0 Å². The lowest BCUT2D eigenvalue weighted by Crippen LogP contribution is -2.51. The molecule has 1 aromatic rings. The van der Waals surface area contributed by atoms with Crippen molar-refractivity contribution in [2.75, 3.05) is 24.3 Å². The molecule has 0 bridgehead atoms. The van der Waals surface area contributed by atoms with Crippen LogP contribution in [0.1, 0.15) is 45.6 Å². The van der Waals surface area contributed by atoms with Crippen LogP contribution in [-0.2, 0) is 35.3 Å². The number of carbonyl (C=O) groups is 5. The van der Waals surface area contributed by atoms with Crippen molar-refractivity contribution in [3.05, 3.63) is 29.8 Å². The van der Waals surface area contributed by atoms with Gasteiger partial charge in [-0.05, 0) is 36.5 Å². The molecule has 1 aromatic carbocycles. The van der Waals surface area contributed by atoms with E-state index in [4.69, 9.17) is 16.3 Å². The Morgan fingerprint density at radius 2 is 1.62 bits per heavy atom. The van der Waals surface area contributed by atoms with Crippen molar-refractivity contribution < 1.29 is 28.7 Å². The molecular formula is C23H33ClN4O6. The van der Waals surface area contributed by atoms with Gasteiger partial charge in [0, 0.05) is 25.6 Å². The van der Waals surface area contributed by atoms with Crippen LogP contribution in [0.2, 0.25) is 0 Å². The summed E-state index contributed by atoms with van der Waals surface area (Å²) in [4.78, 5) is 58.8. The Morgan fingerprint density at radius 1 is 0.941 bits per heavy atom. The molecule has 0 fully saturated rings. The number of hydrogen-bond acceptors (Lipinski definition) is 6. The number of benzene rings is 1. The number of ether oxygens (including phenoxy) is 1. The third-order valence-corrected chi connectivity index (χ3v) is 4.89. The van der Waals surface area contributed by atoms with Crippen molar-refractivity contribution in [3.63, 3.8) is 0 Å². The fourth-order valence-corrected chi connectivity index (χ4v) is 2.91. The van der Waals surface area contributed by atoms with Crippen LogP contribution in [0, 0.1) is 5.92 Å². The van der Waals surface area contributed by atoms with Gasteiger partial charge in [-0.15, -0.1) is 11.6 Å². The molecule has 0 aromatic heterocycles. The van der Waals surface area contributed by atoms with Crippen molar-refractivity contribution in [2.45, 2.75) is 52.7 Å². The Kier molecular flexibility index (Phi) is 13.3. The number of alkyl halides is 1. The van der Waals surface area contributed by atoms with Crippen LogP contribution in [-0.4, -0.2) is 54.6 Å². The van der Waals surface area contributed by atoms with E-state index in [0.29, 0.717) is 25.1 Å². The van der Waals surface area contributed by atoms with Crippen LogP contribution in [0.25, 0.3) is 0 Å². The van der Waals surface area contributed by atoms with Gasteiger partial charge in [0.25, 0.3) is 0 Å². The Hall–Kier alpha value is -3.14. The van der Waals surface area contributed by atoms with Crippen LogP contribution < -0.4 is 21.3 Å². The number of unbranched alkanes of at least 4 members (excludes halogenated alkanes) is 1. The standard InChI is InChI=1S/C23H33ClN4O6/c1-15(2)22(28-19(30)6-4-5-11-25-20(31)12-24)23(33)26-13-21(32)27-18-9-7-17(8-10-18)14-34-16(3)29/h7-10,15,22H,4-6,11-14H2,1-3H3,(H,25,31)(H,26,33)(H,27,32)(H,28,30). The fraction of sp³-hybridized carbons (Fsp3) is 0.522. The van der Waals surface area contributed by atoms with E-state index in [1.807, 2.05) is 0 Å². The maximum atomic E-state index is 12.5. The molecule has 1 atom stereocenters. The Bertz CT molecular complexity index is 844. The number of halogens is 1. The Balaban J connectivity index is 2.41. The molecule has 0 saturated heterocycles. The van der Waals surface area contributed by atoms with Crippen LogP contribution in [0.15, 0.2) is 24.3 Å². The molecule has 1 rings (SSSR count). The van der Waals surface area contributed by atoms with E-state index < -0.39 is 17.9 Å². The predicted octanol–water partition coefficient (Wildman–Crippen LogP) is 1.47. The highest BCUT2D eigenvalue weighted by molar-refractivity contribution is 6.27. The van der Waals surface area contributed by atoms with Crippen LogP contribution in [0.3, 0.4) is 0 Å². The van der Waals surface area contributed by atoms with Gasteiger partial charge >= 0.3 is 5.97 Å². The third-order valence-electron chi connectivity index (χ3n) is 4.64. The largest absolute Gasteiger partial charge is 0.461 e. The Labute approximate surface area is 204 Å². The van der Waals surface area contributed by atoms with Crippen LogP contribution in [0.5, 0.6) is 0 Å². The summed E-state index contributed by atoms with van der Waals surface area (Å²) in [7, 11) is 0. The third kappa shape index (κ3) is 12.2. The van der Waals surface area contributed by atoms with Gasteiger partial charge in [0.05, 0.1) is 6.54 Å². The number of rotatable bonds is 14. The molecule has 4 amide bonds. The van der Waals surface area contributed by atoms with Crippen molar-refractivity contribution in [3.8, 4) is 0 Å². The number of nitrogens with one attached hydrogen (secondary N) is 4. The van der Waals surface area contributed by atoms with E-state index in [0.717, 1.165) is 5.56 Å². The highest BCUT2D eigenvalue weighted by Crippen LogP contribution is 2.10. The fourth-order valence-electron chi connectivity index (χ4n) is 2.82. The lowest BCUT2D eigenvalue weighted by molar-refractivity contribution is -0.142. The summed E-state index contributed by atoms with van der Waals surface area (Å²) in [6, 6.07) is 5.98. The van der Waals surface area contributed by atoms with Gasteiger partial charge in [0.2, 0.25) is 23.6 Å². The van der Waals surface area contributed by atoms with Gasteiger partial charge < -0.3 is 26.0 Å². The summed E-state index contributed by atoms with van der Waals surface area (Å²) in [5.74, 6) is -2.08. The quantitative estimate of drug-likeness (QED) is 0.174. The molecule has 0 radical (unpaired) electrons. The summed E-state index contributed by atoms with van der Waals surface area (Å²) < 4.78 is 4.90. The Morgan fingerprint density at radius 3 is 2.21 bits per heavy atom. The summed E-state index contributed by atoms with van der Waals surface area (Å²) in [6.45, 7) is 5.23. The first-order valence-electron chi connectivity index (χ1n) is 11.0. The van der Waals surface area contributed by atoms with Crippen LogP contribution >= 0.6 is 11.6 Å². The first-order valence-corrected chi connectivity index (χ1v) is 11.6. The van der Waals surface area contributed by atoms with Gasteiger partial charge in [-0.1, -0.05) is 26.0 Å². The second kappa shape index (κ2) is 15.7. The zero-order valence-corrected chi connectivity index (χ0v) is 20.5. The number of amides is 4. The molecule has 0 aliphatic rings. The summed E-state index contributed by atoms with van der Waals surface area (Å²) in [6.07, 6.45) is 1.36. The van der Waals surface area contributed by atoms with E-state index in [-0.39, 0.29) is 49.2 Å². The molecule has 0 aliphatic carbocycles. The number of carbonyl (C=O) groups excluding carboxylic acids is 5. The lowest BCUT2D eigenvalue weighted by Gasteiger charge is -2.21. The molecule has 4 N–H and O–H groups in total. The first-order chi connectivity index (χ1) is 16.1. The highest BCUT2D eigenvalue weighted by Gasteiger charge is 2.24. The van der Waals surface area contributed by atoms with E-state index in [2.05, 4.69) is 21.3 Å². The highest BCUT2D eigenvalue weighted by atomic mass is 35.5. The smallest absolute Gasteiger partial charge is 0.302 e. The minimum atomic E-state index is -0.781. The van der Waals surface area contributed by atoms with Crippen molar-refractivity contribution in [1.29, 1.82) is 0 Å². The van der Waals surface area contributed by atoms with Crippen molar-refractivity contribution >= 4 is 46.9 Å². The van der Waals surface area contributed by atoms with Crippen molar-refractivity contribution in [1.82, 2.24) is 16.0 Å². The first kappa shape index (κ1) is 28.9. The predicted molar refractivity (Wildman–Crippen MR) is 128 cm³/mol. The molecule has 34 heavy (non-hydrogen) atoms. The molecular weight excluding hydrogens is 464 g/mol. The second-order valence-electron chi connectivity index (χ2n) is 7.97. The van der Waals surface area contributed by atoms with E-state index in [9.17, 15) is 24.0 Å². The minimum absolute atomic E-state index is 0.104. The molecule has 10 nitrogen and oxygen atoms in total. The van der Waals surface area contributed by atoms with Gasteiger partial charge in [-0.25, -0.2) is 0 Å². The zero-order valence-electron chi connectivity index (χ0n) is 19.7. The molecule has 0 spiro atoms. The minimum Gasteiger partial charge on any atom is -0.461 e.